The Balaban J connectivity index is 0.809. The number of hydrogen-bond donors (Lipinski definition) is 0. The van der Waals surface area contributed by atoms with Crippen LogP contribution in [0.5, 0.6) is 0 Å². The van der Waals surface area contributed by atoms with Gasteiger partial charge in [-0.2, -0.15) is 0 Å². The molecule has 0 unspecified atom stereocenters. The van der Waals surface area contributed by atoms with E-state index in [2.05, 4.69) is 231 Å². The Morgan fingerprint density at radius 2 is 0.468 bits per heavy atom. The molecule has 2 heterocycles. The summed E-state index contributed by atoms with van der Waals surface area (Å²) in [6.45, 7) is 0. The zero-order valence-corrected chi connectivity index (χ0v) is 35.4. The molecule has 2 heteroatoms. The van der Waals surface area contributed by atoms with Crippen LogP contribution in [0, 0.1) is 0 Å². The highest BCUT2D eigenvalue weighted by Crippen LogP contribution is 2.43. The minimum atomic E-state index is 1.20. The van der Waals surface area contributed by atoms with Gasteiger partial charge in [-0.1, -0.05) is 188 Å². The van der Waals surface area contributed by atoms with Crippen LogP contribution in [0.4, 0.5) is 0 Å². The van der Waals surface area contributed by atoms with Crippen molar-refractivity contribution in [1.29, 1.82) is 0 Å². The Bertz CT molecular complexity index is 3640. The van der Waals surface area contributed by atoms with Gasteiger partial charge in [-0.3, -0.25) is 0 Å². The van der Waals surface area contributed by atoms with Gasteiger partial charge in [-0.05, 0) is 120 Å². The lowest BCUT2D eigenvalue weighted by Gasteiger charge is -2.11. The maximum absolute atomic E-state index is 2.35. The van der Waals surface area contributed by atoms with Crippen molar-refractivity contribution in [2.24, 2.45) is 0 Å². The van der Waals surface area contributed by atoms with Gasteiger partial charge in [-0.25, -0.2) is 0 Å². The Morgan fingerprint density at radius 3 is 0.839 bits per heavy atom. The van der Waals surface area contributed by atoms with E-state index in [1.54, 1.807) is 0 Å². The molecular formula is C60H38S2. The van der Waals surface area contributed by atoms with Gasteiger partial charge >= 0.3 is 0 Å². The molecule has 0 aliphatic rings. The Kier molecular flexibility index (Phi) is 8.99. The lowest BCUT2D eigenvalue weighted by Crippen LogP contribution is -1.86. The topological polar surface area (TPSA) is 0 Å². The summed E-state index contributed by atoms with van der Waals surface area (Å²) >= 11 is 3.77. The smallest absolute Gasteiger partial charge is 0.0433 e. The van der Waals surface area contributed by atoms with Crippen molar-refractivity contribution in [2.45, 2.75) is 0 Å². The molecule has 290 valence electrons. The van der Waals surface area contributed by atoms with Crippen molar-refractivity contribution in [1.82, 2.24) is 0 Å². The summed E-state index contributed by atoms with van der Waals surface area (Å²) in [7, 11) is 0. The second-order valence-corrected chi connectivity index (χ2v) is 18.1. The third kappa shape index (κ3) is 6.53. The highest BCUT2D eigenvalue weighted by molar-refractivity contribution is 7.26. The van der Waals surface area contributed by atoms with E-state index in [9.17, 15) is 0 Å². The zero-order valence-electron chi connectivity index (χ0n) is 33.8. The van der Waals surface area contributed by atoms with Gasteiger partial charge in [0.25, 0.3) is 0 Å². The van der Waals surface area contributed by atoms with Crippen LogP contribution in [0.2, 0.25) is 0 Å². The van der Waals surface area contributed by atoms with Crippen LogP contribution < -0.4 is 0 Å². The Morgan fingerprint density at radius 1 is 0.194 bits per heavy atom. The van der Waals surface area contributed by atoms with E-state index in [1.807, 2.05) is 22.7 Å². The molecule has 62 heavy (non-hydrogen) atoms. The van der Waals surface area contributed by atoms with Crippen LogP contribution in [0.1, 0.15) is 0 Å². The molecule has 0 nitrogen and oxygen atoms in total. The quantitative estimate of drug-likeness (QED) is 0.150. The van der Waals surface area contributed by atoms with E-state index in [1.165, 1.54) is 118 Å². The largest absolute Gasteiger partial charge is 0.135 e. The standard InChI is InChI=1S/C60H38S2/c1-3-28-57-53(22-1)55-26-10-24-51(59(55)61-57)49-20-8-13-42(37-49)40-32-30-39(31-33-40)41-12-5-14-43(34-41)44-15-6-16-45(35-44)46-17-7-18-47(36-46)48-19-9-21-50(38-48)52-25-11-27-56-54-23-2-4-29-58(54)62-60(52)56/h1-38H. The van der Waals surface area contributed by atoms with E-state index in [4.69, 9.17) is 0 Å². The molecule has 0 aliphatic carbocycles. The molecule has 10 aromatic carbocycles. The van der Waals surface area contributed by atoms with E-state index in [0.717, 1.165) is 0 Å². The molecule has 0 radical (unpaired) electrons. The van der Waals surface area contributed by atoms with Crippen molar-refractivity contribution in [3.05, 3.63) is 231 Å². The number of thiophene rings is 2. The average molecular weight is 823 g/mol. The molecular weight excluding hydrogens is 785 g/mol. The Labute approximate surface area is 369 Å². The summed E-state index contributed by atoms with van der Waals surface area (Å²) in [5.41, 5.74) is 17.2. The van der Waals surface area contributed by atoms with Gasteiger partial charge in [0, 0.05) is 40.3 Å². The van der Waals surface area contributed by atoms with Crippen LogP contribution in [-0.2, 0) is 0 Å². The molecule has 0 amide bonds. The van der Waals surface area contributed by atoms with Crippen molar-refractivity contribution in [2.75, 3.05) is 0 Å². The van der Waals surface area contributed by atoms with Crippen molar-refractivity contribution in [3.8, 4) is 77.9 Å². The molecule has 0 saturated heterocycles. The fraction of sp³-hybridized carbons (Fsp3) is 0. The first kappa shape index (κ1) is 36.5. The number of benzene rings is 10. The summed E-state index contributed by atoms with van der Waals surface area (Å²) in [4.78, 5) is 0. The fourth-order valence-electron chi connectivity index (χ4n) is 9.17. The molecule has 0 fully saturated rings. The van der Waals surface area contributed by atoms with Crippen LogP contribution in [0.25, 0.3) is 118 Å². The average Bonchev–Trinajstić information content (AvgIpc) is 3.93. The van der Waals surface area contributed by atoms with E-state index in [0.29, 0.717) is 0 Å². The lowest BCUT2D eigenvalue weighted by molar-refractivity contribution is 1.56. The summed E-state index contributed by atoms with van der Waals surface area (Å²) in [6.07, 6.45) is 0. The van der Waals surface area contributed by atoms with Gasteiger partial charge in [-0.15, -0.1) is 22.7 Å². The summed E-state index contributed by atoms with van der Waals surface area (Å²) < 4.78 is 5.35. The maximum Gasteiger partial charge on any atom is 0.0433 e. The first-order valence-electron chi connectivity index (χ1n) is 21.1. The zero-order chi connectivity index (χ0) is 41.0. The van der Waals surface area contributed by atoms with E-state index >= 15 is 0 Å². The van der Waals surface area contributed by atoms with Gasteiger partial charge in [0.1, 0.15) is 0 Å². The molecule has 0 atom stereocenters. The third-order valence-electron chi connectivity index (χ3n) is 12.3. The molecule has 12 rings (SSSR count). The van der Waals surface area contributed by atoms with E-state index < -0.39 is 0 Å². The SMILES string of the molecule is c1cc(-c2ccc(-c3cccc(-c4cccc5c4sc4ccccc45)c3)cc2)cc(-c2cccc(-c3cccc(-c4cccc(-c5cccc6c5sc5ccccc56)c4)c3)c2)c1. The molecule has 2 aromatic heterocycles. The van der Waals surface area contributed by atoms with Gasteiger partial charge in [0.15, 0.2) is 0 Å². The third-order valence-corrected chi connectivity index (χ3v) is 14.7. The van der Waals surface area contributed by atoms with Crippen LogP contribution in [-0.4, -0.2) is 0 Å². The van der Waals surface area contributed by atoms with Crippen LogP contribution in [0.3, 0.4) is 0 Å². The second kappa shape index (κ2) is 15.3. The lowest BCUT2D eigenvalue weighted by atomic mass is 9.93. The van der Waals surface area contributed by atoms with Crippen LogP contribution >= 0.6 is 22.7 Å². The van der Waals surface area contributed by atoms with Crippen molar-refractivity contribution >= 4 is 63.0 Å². The van der Waals surface area contributed by atoms with Gasteiger partial charge in [0.05, 0.1) is 0 Å². The number of fused-ring (bicyclic) bond motifs is 6. The minimum absolute atomic E-state index is 1.20. The Hall–Kier alpha value is -7.36. The summed E-state index contributed by atoms with van der Waals surface area (Å²) in [5.74, 6) is 0. The first-order chi connectivity index (χ1) is 30.7. The first-order valence-corrected chi connectivity index (χ1v) is 22.8. The molecule has 0 spiro atoms. The molecule has 12 aromatic rings. The van der Waals surface area contributed by atoms with Gasteiger partial charge < -0.3 is 0 Å². The van der Waals surface area contributed by atoms with E-state index in [-0.39, 0.29) is 0 Å². The predicted molar refractivity (Wildman–Crippen MR) is 270 cm³/mol. The molecule has 0 saturated carbocycles. The normalized spacial score (nSPS) is 11.5. The fourth-order valence-corrected chi connectivity index (χ4v) is 11.6. The highest BCUT2D eigenvalue weighted by Gasteiger charge is 2.14. The summed E-state index contributed by atoms with van der Waals surface area (Å²) in [5, 5.41) is 5.32. The monoisotopic (exact) mass is 822 g/mol. The maximum atomic E-state index is 2.35. The summed E-state index contributed by atoms with van der Waals surface area (Å²) in [6, 6.07) is 84.7. The minimum Gasteiger partial charge on any atom is -0.135 e. The molecule has 0 N–H and O–H groups in total. The number of hydrogen-bond acceptors (Lipinski definition) is 2. The number of rotatable bonds is 7. The predicted octanol–water partition coefficient (Wildman–Crippen LogP) is 18.1. The van der Waals surface area contributed by atoms with Gasteiger partial charge in [0.2, 0.25) is 0 Å². The highest BCUT2D eigenvalue weighted by atomic mass is 32.1. The van der Waals surface area contributed by atoms with Crippen LogP contribution in [0.15, 0.2) is 231 Å². The molecule has 0 aliphatic heterocycles. The second-order valence-electron chi connectivity index (χ2n) is 16.0. The van der Waals surface area contributed by atoms with Crippen molar-refractivity contribution < 1.29 is 0 Å². The molecule has 0 bridgehead atoms. The van der Waals surface area contributed by atoms with Crippen molar-refractivity contribution in [3.63, 3.8) is 0 Å².